The summed E-state index contributed by atoms with van der Waals surface area (Å²) in [4.78, 5) is 14.3. The van der Waals surface area contributed by atoms with Gasteiger partial charge in [0.25, 0.3) is 13.4 Å². The van der Waals surface area contributed by atoms with Crippen LogP contribution in [0.5, 0.6) is 0 Å². The van der Waals surface area contributed by atoms with E-state index in [1.165, 1.54) is 161 Å². The van der Waals surface area contributed by atoms with Gasteiger partial charge in [0.2, 0.25) is 6.71 Å². The fourth-order valence-electron chi connectivity index (χ4n) is 14.9. The van der Waals surface area contributed by atoms with Crippen LogP contribution in [0.25, 0.3) is 22.0 Å². The Morgan fingerprint density at radius 3 is 1.41 bits per heavy atom. The molecule has 358 valence electrons. The van der Waals surface area contributed by atoms with Crippen LogP contribution in [0.1, 0.15) is 61.2 Å². The quantitative estimate of drug-likeness (QED) is 0.165. The van der Waals surface area contributed by atoms with E-state index in [9.17, 15) is 0 Å². The van der Waals surface area contributed by atoms with E-state index in [2.05, 4.69) is 236 Å². The molecule has 0 saturated carbocycles. The molecule has 7 heteroatoms. The Labute approximate surface area is 443 Å². The molecule has 0 saturated heterocycles. The Morgan fingerprint density at radius 1 is 0.320 bits per heavy atom. The molecule has 4 nitrogen and oxygen atoms in total. The monoisotopic (exact) mass is 962 g/mol. The predicted molar refractivity (Wildman–Crippen MR) is 324 cm³/mol. The lowest BCUT2D eigenvalue weighted by Crippen LogP contribution is -2.66. The number of aromatic nitrogens is 1. The summed E-state index contributed by atoms with van der Waals surface area (Å²) in [7, 11) is 0. The third-order valence-electron chi connectivity index (χ3n) is 17.7. The van der Waals surface area contributed by atoms with Crippen LogP contribution < -0.4 is 64.0 Å². The van der Waals surface area contributed by atoms with E-state index in [4.69, 9.17) is 4.98 Å². The molecule has 0 spiro atoms. The van der Waals surface area contributed by atoms with E-state index in [1.54, 1.807) is 0 Å². The molecular weight excluding hydrogens is 905 g/mol. The lowest BCUT2D eigenvalue weighted by Gasteiger charge is -2.46. The molecule has 0 radical (unpaired) electrons. The molecule has 75 heavy (non-hydrogen) atoms. The smallest absolute Gasteiger partial charge is 0.270 e. The van der Waals surface area contributed by atoms with E-state index in [-0.39, 0.29) is 20.1 Å². The molecule has 0 N–H and O–H groups in total. The normalized spacial score (nSPS) is 13.9. The molecule has 15 rings (SSSR count). The molecule has 0 aliphatic carbocycles. The average molecular weight is 963 g/mol. The van der Waals surface area contributed by atoms with Crippen molar-refractivity contribution in [2.45, 2.75) is 76.2 Å². The van der Waals surface area contributed by atoms with E-state index in [0.29, 0.717) is 0 Å². The molecule has 0 fully saturated rings. The summed E-state index contributed by atoms with van der Waals surface area (Å²) in [5, 5.41) is 1.20. The summed E-state index contributed by atoms with van der Waals surface area (Å²) in [6.45, 7) is 24.8. The van der Waals surface area contributed by atoms with Gasteiger partial charge in [0.05, 0.1) is 16.9 Å². The van der Waals surface area contributed by atoms with Crippen molar-refractivity contribution in [3.05, 3.63) is 207 Å². The van der Waals surface area contributed by atoms with Crippen molar-refractivity contribution in [2.24, 2.45) is 0 Å². The molecule has 1 aromatic heterocycles. The highest BCUT2D eigenvalue weighted by atomic mass is 15.2. The van der Waals surface area contributed by atoms with Crippen LogP contribution in [0.15, 0.2) is 146 Å². The van der Waals surface area contributed by atoms with Crippen molar-refractivity contribution in [1.29, 1.82) is 0 Å². The van der Waals surface area contributed by atoms with Gasteiger partial charge in [-0.15, -0.1) is 0 Å². The molecule has 5 aliphatic rings. The number of fused-ring (bicyclic) bond motifs is 14. The summed E-state index contributed by atoms with van der Waals surface area (Å²) in [6.07, 6.45) is 0. The molecule has 10 aromatic rings. The maximum absolute atomic E-state index is 6.48. The van der Waals surface area contributed by atoms with Crippen molar-refractivity contribution in [2.75, 3.05) is 14.7 Å². The van der Waals surface area contributed by atoms with E-state index in [1.807, 2.05) is 0 Å². The van der Waals surface area contributed by atoms with E-state index < -0.39 is 0 Å². The van der Waals surface area contributed by atoms with Gasteiger partial charge < -0.3 is 14.7 Å². The minimum Gasteiger partial charge on any atom is -0.311 e. The highest BCUT2D eigenvalue weighted by Crippen LogP contribution is 2.50. The maximum Gasteiger partial charge on any atom is 0.270 e. The second-order valence-electron chi connectivity index (χ2n) is 23.0. The molecule has 5 aliphatic heterocycles. The zero-order valence-electron chi connectivity index (χ0n) is 44.9. The topological polar surface area (TPSA) is 22.6 Å². The number of pyridine rings is 1. The van der Waals surface area contributed by atoms with E-state index >= 15 is 0 Å². The van der Waals surface area contributed by atoms with Crippen LogP contribution >= 0.6 is 0 Å². The minimum atomic E-state index is -0.126. The largest absolute Gasteiger partial charge is 0.311 e. The minimum absolute atomic E-state index is 0.0346. The number of nitrogens with zero attached hydrogens (tertiary/aromatic N) is 4. The summed E-state index contributed by atoms with van der Waals surface area (Å²) in [5.41, 5.74) is 40.6. The van der Waals surface area contributed by atoms with Gasteiger partial charge in [0, 0.05) is 50.8 Å². The molecule has 0 atom stereocenters. The third kappa shape index (κ3) is 6.01. The van der Waals surface area contributed by atoms with Gasteiger partial charge in [0.1, 0.15) is 0 Å². The summed E-state index contributed by atoms with van der Waals surface area (Å²) < 4.78 is 0. The maximum atomic E-state index is 6.48. The highest BCUT2D eigenvalue weighted by Gasteiger charge is 2.52. The average Bonchev–Trinajstić information content (AvgIpc) is 3.99. The number of hydrogen-bond acceptors (Lipinski definition) is 4. The van der Waals surface area contributed by atoms with Gasteiger partial charge in [-0.05, 0) is 180 Å². The highest BCUT2D eigenvalue weighted by molar-refractivity contribution is 7.06. The number of rotatable bonds is 3. The first kappa shape index (κ1) is 44.5. The second kappa shape index (κ2) is 15.5. The first-order valence-corrected chi connectivity index (χ1v) is 27.0. The number of hydrogen-bond donors (Lipinski definition) is 0. The van der Waals surface area contributed by atoms with Crippen LogP contribution in [0.4, 0.5) is 51.2 Å². The van der Waals surface area contributed by atoms with Crippen molar-refractivity contribution in [3.8, 4) is 11.1 Å². The fourth-order valence-corrected chi connectivity index (χ4v) is 14.9. The van der Waals surface area contributed by atoms with Crippen LogP contribution in [0.2, 0.25) is 0 Å². The Bertz CT molecular complexity index is 4190. The van der Waals surface area contributed by atoms with Crippen LogP contribution in [0, 0.1) is 76.2 Å². The first-order valence-electron chi connectivity index (χ1n) is 27.0. The van der Waals surface area contributed by atoms with Gasteiger partial charge in [-0.25, -0.2) is 0 Å². The molecular formula is C68H57B3N4. The van der Waals surface area contributed by atoms with Crippen molar-refractivity contribution < 1.29 is 0 Å². The number of benzene rings is 9. The van der Waals surface area contributed by atoms with Crippen molar-refractivity contribution >= 4 is 132 Å². The second-order valence-corrected chi connectivity index (χ2v) is 23.0. The van der Waals surface area contributed by atoms with Crippen LogP contribution in [-0.4, -0.2) is 25.1 Å². The fraction of sp³-hybridized carbons (Fsp3) is 0.162. The Hall–Kier alpha value is -8.02. The van der Waals surface area contributed by atoms with Crippen LogP contribution in [0.3, 0.4) is 0 Å². The summed E-state index contributed by atoms with van der Waals surface area (Å²) in [5.74, 6) is 0. The van der Waals surface area contributed by atoms with Crippen LogP contribution in [-0.2, 0) is 0 Å². The SMILES string of the molecule is Cc1ccc(N2c3ccc(C)cc3B3c4cc(C)ccc4N(c4ccc(C)cc4)c4c3c2cc2c3c5c(nc42)B(c2c(C)cc(C)cc2C)c2cc(C)ccc2N5c2ccc(C)c4c2B3c2c(C)cc(C)cc2-4)cc1. The van der Waals surface area contributed by atoms with Crippen molar-refractivity contribution in [3.63, 3.8) is 0 Å². The Kier molecular flexibility index (Phi) is 9.20. The number of anilines is 9. The standard InChI is InChI=1S/C68H57B3N4/c1-36-12-20-47(21-13-36)73-54-24-16-38(3)32-51(54)69-52-33-39(4)17-25-55(52)74(48-22-14-37(2)15-23-48)66-64(69)58(73)35-50-62-67-68(72-65(50)66)70(60-44(9)28-41(6)29-45(60)10)53-34-40(5)18-26-56(53)75(67)57-27-19-43(8)59-49-31-42(7)30-46(11)61(49)71(62)63(57)59/h12-35H,1-11H3. The molecule has 6 heterocycles. The lowest BCUT2D eigenvalue weighted by atomic mass is 9.31. The summed E-state index contributed by atoms with van der Waals surface area (Å²) in [6, 6.07) is 57.0. The Morgan fingerprint density at radius 2 is 0.813 bits per heavy atom. The molecule has 0 bridgehead atoms. The van der Waals surface area contributed by atoms with Gasteiger partial charge in [-0.2, -0.15) is 0 Å². The zero-order chi connectivity index (χ0) is 51.2. The van der Waals surface area contributed by atoms with Gasteiger partial charge >= 0.3 is 0 Å². The molecule has 0 amide bonds. The molecule has 9 aromatic carbocycles. The summed E-state index contributed by atoms with van der Waals surface area (Å²) >= 11 is 0. The van der Waals surface area contributed by atoms with Gasteiger partial charge in [-0.3, -0.25) is 4.98 Å². The van der Waals surface area contributed by atoms with Gasteiger partial charge in [0.15, 0.2) is 0 Å². The van der Waals surface area contributed by atoms with Gasteiger partial charge in [-0.1, -0.05) is 158 Å². The Balaban J connectivity index is 1.20. The lowest BCUT2D eigenvalue weighted by molar-refractivity contribution is 1.24. The van der Waals surface area contributed by atoms with Crippen molar-refractivity contribution in [1.82, 2.24) is 4.98 Å². The third-order valence-corrected chi connectivity index (χ3v) is 17.7. The molecule has 0 unspecified atom stereocenters. The zero-order valence-corrected chi connectivity index (χ0v) is 44.9. The number of aryl methyl sites for hydroxylation is 11. The predicted octanol–water partition coefficient (Wildman–Crippen LogP) is 10.8. The first-order chi connectivity index (χ1) is 36.2. The van der Waals surface area contributed by atoms with E-state index in [0.717, 1.165) is 22.5 Å².